The van der Waals surface area contributed by atoms with E-state index in [1.54, 1.807) is 12.1 Å². The van der Waals surface area contributed by atoms with Crippen molar-refractivity contribution < 1.29 is 5.11 Å². The zero-order valence-electron chi connectivity index (χ0n) is 8.70. The van der Waals surface area contributed by atoms with Gasteiger partial charge in [-0.15, -0.1) is 0 Å². The number of hydrogen-bond donors (Lipinski definition) is 1. The Labute approximate surface area is 85.4 Å². The van der Waals surface area contributed by atoms with E-state index >= 15 is 0 Å². The third-order valence-electron chi connectivity index (χ3n) is 2.04. The van der Waals surface area contributed by atoms with Crippen LogP contribution in [0.4, 0.5) is 0 Å². The minimum Gasteiger partial charge on any atom is -0.508 e. The fourth-order valence-corrected chi connectivity index (χ4v) is 1.26. The zero-order valence-corrected chi connectivity index (χ0v) is 8.70. The molecule has 0 aliphatic carbocycles. The summed E-state index contributed by atoms with van der Waals surface area (Å²) in [4.78, 5) is 0. The van der Waals surface area contributed by atoms with Gasteiger partial charge in [0.25, 0.3) is 0 Å². The van der Waals surface area contributed by atoms with Crippen LogP contribution in [0.2, 0.25) is 0 Å². The van der Waals surface area contributed by atoms with Crippen molar-refractivity contribution in [2.75, 3.05) is 0 Å². The highest BCUT2D eigenvalue weighted by atomic mass is 16.3. The van der Waals surface area contributed by atoms with Crippen LogP contribution >= 0.6 is 0 Å². The van der Waals surface area contributed by atoms with Crippen LogP contribution in [0.3, 0.4) is 0 Å². The van der Waals surface area contributed by atoms with Crippen LogP contribution < -0.4 is 0 Å². The largest absolute Gasteiger partial charge is 0.508 e. The molecule has 0 spiro atoms. The summed E-state index contributed by atoms with van der Waals surface area (Å²) < 4.78 is 0. The second-order valence-corrected chi connectivity index (χ2v) is 3.10. The molecule has 0 aliphatic rings. The number of rotatable bonds is 3. The molecule has 0 heterocycles. The van der Waals surface area contributed by atoms with Crippen molar-refractivity contribution in [2.45, 2.75) is 20.3 Å². The van der Waals surface area contributed by atoms with Crippen molar-refractivity contribution in [3.63, 3.8) is 0 Å². The van der Waals surface area contributed by atoms with Gasteiger partial charge < -0.3 is 5.11 Å². The van der Waals surface area contributed by atoms with Crippen LogP contribution in [0.1, 0.15) is 25.8 Å². The molecule has 0 radical (unpaired) electrons. The Bertz CT molecular complexity index is 331. The predicted molar refractivity (Wildman–Crippen MR) is 61.2 cm³/mol. The molecule has 74 valence electrons. The van der Waals surface area contributed by atoms with Gasteiger partial charge in [-0.2, -0.15) is 0 Å². The number of benzene rings is 1. The van der Waals surface area contributed by atoms with E-state index in [1.807, 2.05) is 19.1 Å². The quantitative estimate of drug-likeness (QED) is 0.716. The first kappa shape index (κ1) is 10.6. The molecular weight excluding hydrogens is 172 g/mol. The van der Waals surface area contributed by atoms with Crippen LogP contribution in [0.25, 0.3) is 5.57 Å². The maximum absolute atomic E-state index is 9.15. The van der Waals surface area contributed by atoms with Gasteiger partial charge in [-0.1, -0.05) is 37.3 Å². The first-order valence-corrected chi connectivity index (χ1v) is 4.90. The highest BCUT2D eigenvalue weighted by Crippen LogP contribution is 2.18. The second kappa shape index (κ2) is 5.28. The number of allylic oxidation sites excluding steroid dienone is 4. The fourth-order valence-electron chi connectivity index (χ4n) is 1.26. The van der Waals surface area contributed by atoms with Crippen molar-refractivity contribution in [1.82, 2.24) is 0 Å². The van der Waals surface area contributed by atoms with Gasteiger partial charge >= 0.3 is 0 Å². The summed E-state index contributed by atoms with van der Waals surface area (Å²) in [5.74, 6) is 0.309. The Hall–Kier alpha value is -1.50. The number of aromatic hydroxyl groups is 1. The summed E-state index contributed by atoms with van der Waals surface area (Å²) in [6.07, 6.45) is 7.34. The molecule has 0 bridgehead atoms. The molecule has 0 unspecified atom stereocenters. The van der Waals surface area contributed by atoms with Gasteiger partial charge in [-0.25, -0.2) is 0 Å². The summed E-state index contributed by atoms with van der Waals surface area (Å²) >= 11 is 0. The van der Waals surface area contributed by atoms with E-state index in [0.717, 1.165) is 12.0 Å². The van der Waals surface area contributed by atoms with E-state index in [9.17, 15) is 0 Å². The Kier molecular flexibility index (Phi) is 3.99. The van der Waals surface area contributed by atoms with Gasteiger partial charge in [0.15, 0.2) is 0 Å². The molecule has 0 amide bonds. The van der Waals surface area contributed by atoms with Gasteiger partial charge in [0, 0.05) is 0 Å². The van der Waals surface area contributed by atoms with Crippen LogP contribution in [0.15, 0.2) is 42.5 Å². The van der Waals surface area contributed by atoms with Crippen molar-refractivity contribution in [1.29, 1.82) is 0 Å². The lowest BCUT2D eigenvalue weighted by Crippen LogP contribution is -1.79. The zero-order chi connectivity index (χ0) is 10.4. The highest BCUT2D eigenvalue weighted by molar-refractivity contribution is 5.73. The Morgan fingerprint density at radius 2 is 1.93 bits per heavy atom. The SMILES string of the molecule is C/C=C(\C=C/CC)c1ccc(O)cc1. The molecule has 0 aliphatic heterocycles. The van der Waals surface area contributed by atoms with Crippen molar-refractivity contribution in [3.8, 4) is 5.75 Å². The third-order valence-corrected chi connectivity index (χ3v) is 2.04. The Morgan fingerprint density at radius 1 is 1.29 bits per heavy atom. The molecule has 1 N–H and O–H groups in total. The monoisotopic (exact) mass is 188 g/mol. The fraction of sp³-hybridized carbons (Fsp3) is 0.231. The van der Waals surface area contributed by atoms with Crippen molar-refractivity contribution >= 4 is 5.57 Å². The van der Waals surface area contributed by atoms with Crippen molar-refractivity contribution in [3.05, 3.63) is 48.1 Å². The van der Waals surface area contributed by atoms with E-state index in [2.05, 4.69) is 25.2 Å². The Morgan fingerprint density at radius 3 is 2.43 bits per heavy atom. The average molecular weight is 188 g/mol. The summed E-state index contributed by atoms with van der Waals surface area (Å²) in [5, 5.41) is 9.15. The van der Waals surface area contributed by atoms with E-state index in [0.29, 0.717) is 5.75 Å². The van der Waals surface area contributed by atoms with E-state index in [1.165, 1.54) is 5.57 Å². The van der Waals surface area contributed by atoms with Crippen LogP contribution in [-0.4, -0.2) is 5.11 Å². The molecule has 1 aromatic rings. The predicted octanol–water partition coefficient (Wildman–Crippen LogP) is 3.76. The smallest absolute Gasteiger partial charge is 0.115 e. The van der Waals surface area contributed by atoms with Gasteiger partial charge in [-0.05, 0) is 36.6 Å². The third kappa shape index (κ3) is 2.77. The van der Waals surface area contributed by atoms with Gasteiger partial charge in [0.1, 0.15) is 5.75 Å². The molecule has 0 fully saturated rings. The molecule has 1 aromatic carbocycles. The van der Waals surface area contributed by atoms with E-state index in [4.69, 9.17) is 5.11 Å². The molecular formula is C13H16O. The molecule has 1 rings (SSSR count). The lowest BCUT2D eigenvalue weighted by molar-refractivity contribution is 0.475. The van der Waals surface area contributed by atoms with Gasteiger partial charge in [-0.3, -0.25) is 0 Å². The number of phenols is 1. The minimum absolute atomic E-state index is 0.309. The maximum Gasteiger partial charge on any atom is 0.115 e. The molecule has 1 heteroatoms. The summed E-state index contributed by atoms with van der Waals surface area (Å²) in [6.45, 7) is 4.13. The summed E-state index contributed by atoms with van der Waals surface area (Å²) in [7, 11) is 0. The minimum atomic E-state index is 0.309. The number of hydrogen-bond acceptors (Lipinski definition) is 1. The van der Waals surface area contributed by atoms with Crippen LogP contribution in [0.5, 0.6) is 5.75 Å². The molecule has 0 saturated carbocycles. The van der Waals surface area contributed by atoms with E-state index in [-0.39, 0.29) is 0 Å². The first-order valence-electron chi connectivity index (χ1n) is 4.90. The molecule has 0 atom stereocenters. The molecule has 0 saturated heterocycles. The standard InChI is InChI=1S/C13H16O/c1-3-5-6-11(4-2)12-7-9-13(14)10-8-12/h4-10,14H,3H2,1-2H3/b6-5-,11-4+. The van der Waals surface area contributed by atoms with Crippen molar-refractivity contribution in [2.24, 2.45) is 0 Å². The Balaban J connectivity index is 2.91. The topological polar surface area (TPSA) is 20.2 Å². The van der Waals surface area contributed by atoms with Gasteiger partial charge in [0.05, 0.1) is 0 Å². The van der Waals surface area contributed by atoms with Gasteiger partial charge in [0.2, 0.25) is 0 Å². The summed E-state index contributed by atoms with van der Waals surface area (Å²) in [6, 6.07) is 7.26. The van der Waals surface area contributed by atoms with Crippen LogP contribution in [0, 0.1) is 0 Å². The summed E-state index contributed by atoms with van der Waals surface area (Å²) in [5.41, 5.74) is 2.32. The first-order chi connectivity index (χ1) is 6.77. The normalized spacial score (nSPS) is 12.3. The lowest BCUT2D eigenvalue weighted by atomic mass is 10.1. The number of phenolic OH excluding ortho intramolecular Hbond substituents is 1. The molecule has 1 nitrogen and oxygen atoms in total. The average Bonchev–Trinajstić information content (AvgIpc) is 2.21. The van der Waals surface area contributed by atoms with Crippen LogP contribution in [-0.2, 0) is 0 Å². The second-order valence-electron chi connectivity index (χ2n) is 3.10. The lowest BCUT2D eigenvalue weighted by Gasteiger charge is -2.01. The molecule has 0 aromatic heterocycles. The highest BCUT2D eigenvalue weighted by Gasteiger charge is 1.95. The molecule has 14 heavy (non-hydrogen) atoms. The van der Waals surface area contributed by atoms with E-state index < -0.39 is 0 Å². The maximum atomic E-state index is 9.15.